The van der Waals surface area contributed by atoms with Gasteiger partial charge in [-0.05, 0) is 65.4 Å². The molecular weight excluding hydrogens is 269 g/mol. The number of rotatable bonds is 5. The minimum absolute atomic E-state index is 0.186. The standard InChI is InChI=1S/C13H17BrFN/c1-2-7-16-13(9-3-4-9)10-5-6-12(15)11(14)8-10/h5-6,8-9,13,16H,2-4,7H2,1H3. The molecule has 0 amide bonds. The van der Waals surface area contributed by atoms with Crippen LogP contribution in [0.25, 0.3) is 0 Å². The second-order valence-electron chi connectivity index (χ2n) is 4.44. The van der Waals surface area contributed by atoms with Crippen molar-refractivity contribution < 1.29 is 4.39 Å². The molecule has 1 aliphatic carbocycles. The summed E-state index contributed by atoms with van der Waals surface area (Å²) in [4.78, 5) is 0. The van der Waals surface area contributed by atoms with E-state index in [1.807, 2.05) is 12.1 Å². The van der Waals surface area contributed by atoms with E-state index in [-0.39, 0.29) is 5.82 Å². The first kappa shape index (κ1) is 12.1. The molecule has 1 aromatic rings. The molecule has 0 aliphatic heterocycles. The van der Waals surface area contributed by atoms with Crippen LogP contribution in [0.3, 0.4) is 0 Å². The van der Waals surface area contributed by atoms with Crippen molar-refractivity contribution in [2.45, 2.75) is 32.2 Å². The third kappa shape index (κ3) is 2.83. The lowest BCUT2D eigenvalue weighted by Gasteiger charge is -2.18. The average Bonchev–Trinajstić information content (AvgIpc) is 3.08. The van der Waals surface area contributed by atoms with E-state index in [0.717, 1.165) is 18.9 Å². The highest BCUT2D eigenvalue weighted by Crippen LogP contribution is 2.41. The van der Waals surface area contributed by atoms with Crippen molar-refractivity contribution in [3.63, 3.8) is 0 Å². The number of benzene rings is 1. The predicted molar refractivity (Wildman–Crippen MR) is 67.9 cm³/mol. The van der Waals surface area contributed by atoms with Crippen molar-refractivity contribution in [2.75, 3.05) is 6.54 Å². The Hall–Kier alpha value is -0.410. The maximum absolute atomic E-state index is 13.2. The Morgan fingerprint density at radius 1 is 1.50 bits per heavy atom. The van der Waals surface area contributed by atoms with Gasteiger partial charge in [0.15, 0.2) is 0 Å². The first-order valence-electron chi connectivity index (χ1n) is 5.90. The van der Waals surface area contributed by atoms with Gasteiger partial charge in [-0.1, -0.05) is 13.0 Å². The van der Waals surface area contributed by atoms with Gasteiger partial charge in [0, 0.05) is 6.04 Å². The van der Waals surface area contributed by atoms with E-state index in [1.54, 1.807) is 6.07 Å². The summed E-state index contributed by atoms with van der Waals surface area (Å²) in [5.41, 5.74) is 1.20. The first-order chi connectivity index (χ1) is 7.72. The molecule has 0 bridgehead atoms. The van der Waals surface area contributed by atoms with Crippen LogP contribution in [0.15, 0.2) is 22.7 Å². The van der Waals surface area contributed by atoms with Crippen LogP contribution in [-0.4, -0.2) is 6.54 Å². The zero-order chi connectivity index (χ0) is 11.5. The summed E-state index contributed by atoms with van der Waals surface area (Å²) in [6.45, 7) is 3.19. The second kappa shape index (κ2) is 5.28. The van der Waals surface area contributed by atoms with Crippen molar-refractivity contribution in [2.24, 2.45) is 5.92 Å². The Morgan fingerprint density at radius 3 is 2.81 bits per heavy atom. The van der Waals surface area contributed by atoms with Gasteiger partial charge in [0.2, 0.25) is 0 Å². The van der Waals surface area contributed by atoms with Gasteiger partial charge in [0.05, 0.1) is 4.47 Å². The zero-order valence-electron chi connectivity index (χ0n) is 9.47. The van der Waals surface area contributed by atoms with Crippen LogP contribution in [0.2, 0.25) is 0 Å². The normalized spacial score (nSPS) is 17.4. The molecule has 3 heteroatoms. The molecule has 0 heterocycles. The van der Waals surface area contributed by atoms with Crippen molar-refractivity contribution >= 4 is 15.9 Å². The summed E-state index contributed by atoms with van der Waals surface area (Å²) in [6, 6.07) is 5.74. The molecule has 1 N–H and O–H groups in total. The fourth-order valence-corrected chi connectivity index (χ4v) is 2.39. The van der Waals surface area contributed by atoms with E-state index in [0.29, 0.717) is 10.5 Å². The molecule has 1 nitrogen and oxygen atoms in total. The minimum Gasteiger partial charge on any atom is -0.310 e. The van der Waals surface area contributed by atoms with E-state index in [9.17, 15) is 4.39 Å². The van der Waals surface area contributed by atoms with Gasteiger partial charge in [-0.3, -0.25) is 0 Å². The molecule has 0 saturated heterocycles. The monoisotopic (exact) mass is 285 g/mol. The molecule has 1 aromatic carbocycles. The summed E-state index contributed by atoms with van der Waals surface area (Å²) in [5.74, 6) is 0.553. The Morgan fingerprint density at radius 2 is 2.25 bits per heavy atom. The molecule has 16 heavy (non-hydrogen) atoms. The van der Waals surface area contributed by atoms with E-state index in [1.165, 1.54) is 18.4 Å². The summed E-state index contributed by atoms with van der Waals surface area (Å²) in [5, 5.41) is 3.55. The van der Waals surface area contributed by atoms with Crippen LogP contribution in [0.4, 0.5) is 4.39 Å². The van der Waals surface area contributed by atoms with Gasteiger partial charge >= 0.3 is 0 Å². The molecule has 2 rings (SSSR count). The van der Waals surface area contributed by atoms with Gasteiger partial charge in [0.25, 0.3) is 0 Å². The van der Waals surface area contributed by atoms with Gasteiger partial charge in [-0.2, -0.15) is 0 Å². The fourth-order valence-electron chi connectivity index (χ4n) is 1.99. The highest BCUT2D eigenvalue weighted by atomic mass is 79.9. The lowest BCUT2D eigenvalue weighted by Crippen LogP contribution is -2.23. The van der Waals surface area contributed by atoms with Crippen LogP contribution in [-0.2, 0) is 0 Å². The van der Waals surface area contributed by atoms with Gasteiger partial charge in [-0.25, -0.2) is 4.39 Å². The zero-order valence-corrected chi connectivity index (χ0v) is 11.1. The molecule has 1 atom stereocenters. The third-order valence-electron chi connectivity index (χ3n) is 3.01. The minimum atomic E-state index is -0.186. The summed E-state index contributed by atoms with van der Waals surface area (Å²) >= 11 is 3.25. The summed E-state index contributed by atoms with van der Waals surface area (Å²) in [6.07, 6.45) is 3.71. The third-order valence-corrected chi connectivity index (χ3v) is 3.62. The molecule has 88 valence electrons. The molecule has 0 aromatic heterocycles. The maximum Gasteiger partial charge on any atom is 0.137 e. The second-order valence-corrected chi connectivity index (χ2v) is 5.30. The average molecular weight is 286 g/mol. The fraction of sp³-hybridized carbons (Fsp3) is 0.538. The number of hydrogen-bond donors (Lipinski definition) is 1. The van der Waals surface area contributed by atoms with E-state index >= 15 is 0 Å². The Bertz CT molecular complexity index is 363. The number of nitrogens with one attached hydrogen (secondary N) is 1. The quantitative estimate of drug-likeness (QED) is 0.861. The van der Waals surface area contributed by atoms with Crippen LogP contribution in [0, 0.1) is 11.7 Å². The van der Waals surface area contributed by atoms with Crippen LogP contribution in [0.5, 0.6) is 0 Å². The summed E-state index contributed by atoms with van der Waals surface area (Å²) in [7, 11) is 0. The van der Waals surface area contributed by atoms with Crippen LogP contribution in [0.1, 0.15) is 37.8 Å². The highest BCUT2D eigenvalue weighted by Gasteiger charge is 2.31. The largest absolute Gasteiger partial charge is 0.310 e. The van der Waals surface area contributed by atoms with E-state index in [4.69, 9.17) is 0 Å². The molecule has 0 radical (unpaired) electrons. The molecule has 1 saturated carbocycles. The molecular formula is C13H17BrFN. The lowest BCUT2D eigenvalue weighted by atomic mass is 10.0. The van der Waals surface area contributed by atoms with Gasteiger partial charge in [0.1, 0.15) is 5.82 Å². The number of halogens is 2. The summed E-state index contributed by atoms with van der Waals surface area (Å²) < 4.78 is 13.7. The maximum atomic E-state index is 13.2. The molecule has 1 fully saturated rings. The highest BCUT2D eigenvalue weighted by molar-refractivity contribution is 9.10. The van der Waals surface area contributed by atoms with E-state index in [2.05, 4.69) is 28.2 Å². The SMILES string of the molecule is CCCNC(c1ccc(F)c(Br)c1)C1CC1. The predicted octanol–water partition coefficient (Wildman–Crippen LogP) is 4.04. The lowest BCUT2D eigenvalue weighted by molar-refractivity contribution is 0.480. The topological polar surface area (TPSA) is 12.0 Å². The first-order valence-corrected chi connectivity index (χ1v) is 6.70. The Labute approximate surface area is 105 Å². The van der Waals surface area contributed by atoms with Crippen LogP contribution >= 0.6 is 15.9 Å². The number of hydrogen-bond acceptors (Lipinski definition) is 1. The van der Waals surface area contributed by atoms with E-state index < -0.39 is 0 Å². The Balaban J connectivity index is 2.14. The smallest absolute Gasteiger partial charge is 0.137 e. The van der Waals surface area contributed by atoms with Gasteiger partial charge < -0.3 is 5.32 Å². The van der Waals surface area contributed by atoms with Crippen molar-refractivity contribution in [1.29, 1.82) is 0 Å². The van der Waals surface area contributed by atoms with Crippen molar-refractivity contribution in [1.82, 2.24) is 5.32 Å². The van der Waals surface area contributed by atoms with Crippen LogP contribution < -0.4 is 5.32 Å². The van der Waals surface area contributed by atoms with Crippen molar-refractivity contribution in [3.05, 3.63) is 34.1 Å². The molecule has 1 unspecified atom stereocenters. The van der Waals surface area contributed by atoms with Crippen molar-refractivity contribution in [3.8, 4) is 0 Å². The molecule has 1 aliphatic rings. The Kier molecular flexibility index (Phi) is 3.98. The molecule has 0 spiro atoms. The van der Waals surface area contributed by atoms with Gasteiger partial charge in [-0.15, -0.1) is 0 Å².